The van der Waals surface area contributed by atoms with Crippen molar-refractivity contribution in [1.29, 1.82) is 0 Å². The number of fused-ring (bicyclic) bond motifs is 1. The minimum absolute atomic E-state index is 0.0422. The number of hydrogen-bond donors (Lipinski definition) is 2. The van der Waals surface area contributed by atoms with Gasteiger partial charge >= 0.3 is 0 Å². The van der Waals surface area contributed by atoms with E-state index < -0.39 is 29.6 Å². The average molecular weight is 516 g/mol. The highest BCUT2D eigenvalue weighted by molar-refractivity contribution is 6.30. The summed E-state index contributed by atoms with van der Waals surface area (Å²) in [6, 6.07) is 6.05. The molecule has 1 aromatic carbocycles. The van der Waals surface area contributed by atoms with Gasteiger partial charge in [0.05, 0.1) is 24.5 Å². The van der Waals surface area contributed by atoms with Crippen LogP contribution in [0.4, 0.5) is 5.69 Å². The first-order valence-electron chi connectivity index (χ1n) is 12.8. The van der Waals surface area contributed by atoms with Crippen molar-refractivity contribution in [2.24, 2.45) is 23.7 Å². The van der Waals surface area contributed by atoms with Crippen LogP contribution in [0.2, 0.25) is 5.02 Å². The summed E-state index contributed by atoms with van der Waals surface area (Å²) >= 11 is 6.08. The van der Waals surface area contributed by atoms with Crippen molar-refractivity contribution in [3.63, 3.8) is 0 Å². The Hall–Kier alpha value is -2.42. The molecule has 3 heterocycles. The van der Waals surface area contributed by atoms with Gasteiger partial charge in [0, 0.05) is 30.4 Å². The van der Waals surface area contributed by atoms with Crippen LogP contribution in [-0.2, 0) is 23.9 Å². The molecular formula is C27H34ClN3O5. The van der Waals surface area contributed by atoms with Gasteiger partial charge in [0.1, 0.15) is 11.6 Å². The quantitative estimate of drug-likeness (QED) is 0.544. The molecule has 2 bridgehead atoms. The van der Waals surface area contributed by atoms with Gasteiger partial charge in [-0.2, -0.15) is 0 Å². The van der Waals surface area contributed by atoms with Crippen molar-refractivity contribution in [1.82, 2.24) is 10.2 Å². The maximum absolute atomic E-state index is 13.8. The van der Waals surface area contributed by atoms with Crippen LogP contribution >= 0.6 is 11.6 Å². The Morgan fingerprint density at radius 1 is 1.25 bits per heavy atom. The third-order valence-electron chi connectivity index (χ3n) is 8.59. The van der Waals surface area contributed by atoms with E-state index in [0.29, 0.717) is 22.5 Å². The zero-order valence-electron chi connectivity index (χ0n) is 20.9. The van der Waals surface area contributed by atoms with Gasteiger partial charge < -0.3 is 25.0 Å². The molecule has 3 aliphatic heterocycles. The van der Waals surface area contributed by atoms with Gasteiger partial charge in [-0.3, -0.25) is 14.4 Å². The average Bonchev–Trinajstić information content (AvgIpc) is 3.48. The zero-order valence-corrected chi connectivity index (χ0v) is 21.7. The first-order chi connectivity index (χ1) is 17.3. The molecule has 1 spiro atoms. The van der Waals surface area contributed by atoms with E-state index in [1.54, 1.807) is 36.3 Å². The summed E-state index contributed by atoms with van der Waals surface area (Å²) < 4.78 is 11.6. The molecule has 194 valence electrons. The minimum atomic E-state index is -1.18. The van der Waals surface area contributed by atoms with Crippen LogP contribution in [0.15, 0.2) is 36.4 Å². The fourth-order valence-electron chi connectivity index (χ4n) is 6.54. The van der Waals surface area contributed by atoms with E-state index >= 15 is 0 Å². The molecule has 8 atom stereocenters. The van der Waals surface area contributed by atoms with Gasteiger partial charge in [-0.25, -0.2) is 0 Å². The predicted octanol–water partition coefficient (Wildman–Crippen LogP) is 3.02. The third-order valence-corrected chi connectivity index (χ3v) is 8.82. The number of nitrogens with zero attached hydrogens (tertiary/aromatic N) is 1. The molecular weight excluding hydrogens is 482 g/mol. The standard InChI is InChI=1S/C27H34ClN3O5/c1-15-6-4-9-19(16(15)2)30-25(33)23-27-11-10-20(36-27)21(22(27)26(34)31(23)12-13-35-3)24(32)29-18-8-5-7-17(28)14-18/h5,7-8,10-11,14-16,19-23H,4,6,9,12-13H2,1-3H3,(H,29,32)(H,30,33)/t15?,16?,19?,20-,21?,22-,23?,27?/m1/s1. The largest absolute Gasteiger partial charge is 0.383 e. The van der Waals surface area contributed by atoms with Crippen LogP contribution in [0.1, 0.15) is 33.1 Å². The lowest BCUT2D eigenvalue weighted by molar-refractivity contribution is -0.142. The maximum atomic E-state index is 13.8. The Bertz CT molecular complexity index is 1080. The number of anilines is 1. The fraction of sp³-hybridized carbons (Fsp3) is 0.593. The van der Waals surface area contributed by atoms with Crippen molar-refractivity contribution in [3.8, 4) is 0 Å². The summed E-state index contributed by atoms with van der Waals surface area (Å²) in [7, 11) is 1.56. The lowest BCUT2D eigenvalue weighted by Gasteiger charge is -2.38. The van der Waals surface area contributed by atoms with E-state index in [-0.39, 0.29) is 36.9 Å². The molecule has 0 radical (unpaired) electrons. The van der Waals surface area contributed by atoms with Crippen LogP contribution < -0.4 is 10.6 Å². The second-order valence-electron chi connectivity index (χ2n) is 10.6. The van der Waals surface area contributed by atoms with Crippen LogP contribution in [0.3, 0.4) is 0 Å². The molecule has 0 aromatic heterocycles. The van der Waals surface area contributed by atoms with Gasteiger partial charge in [0.25, 0.3) is 0 Å². The molecule has 6 unspecified atom stereocenters. The van der Waals surface area contributed by atoms with E-state index in [4.69, 9.17) is 21.1 Å². The molecule has 1 aliphatic carbocycles. The molecule has 1 aromatic rings. The maximum Gasteiger partial charge on any atom is 0.246 e. The highest BCUT2D eigenvalue weighted by Gasteiger charge is 2.72. The molecule has 36 heavy (non-hydrogen) atoms. The number of halogens is 1. The van der Waals surface area contributed by atoms with Gasteiger partial charge in [0.2, 0.25) is 17.7 Å². The number of carbonyl (C=O) groups is 3. The first-order valence-corrected chi connectivity index (χ1v) is 13.2. The monoisotopic (exact) mass is 515 g/mol. The van der Waals surface area contributed by atoms with Crippen molar-refractivity contribution in [3.05, 3.63) is 41.4 Å². The number of ether oxygens (including phenoxy) is 2. The smallest absolute Gasteiger partial charge is 0.246 e. The Morgan fingerprint density at radius 2 is 2.06 bits per heavy atom. The SMILES string of the molecule is COCCN1C(=O)[C@H]2C(C(=O)Nc3cccc(Cl)c3)[C@H]3C=CC2(O3)C1C(=O)NC1CCCC(C)C1C. The molecule has 5 rings (SSSR count). The summed E-state index contributed by atoms with van der Waals surface area (Å²) in [6.07, 6.45) is 6.19. The number of benzene rings is 1. The van der Waals surface area contributed by atoms with E-state index in [1.165, 1.54) is 0 Å². The Labute approximate surface area is 216 Å². The number of carbonyl (C=O) groups excluding carboxylic acids is 3. The lowest BCUT2D eigenvalue weighted by atomic mass is 9.73. The minimum Gasteiger partial charge on any atom is -0.383 e. The second kappa shape index (κ2) is 9.80. The highest BCUT2D eigenvalue weighted by atomic mass is 35.5. The highest BCUT2D eigenvalue weighted by Crippen LogP contribution is 2.55. The predicted molar refractivity (Wildman–Crippen MR) is 135 cm³/mol. The second-order valence-corrected chi connectivity index (χ2v) is 11.0. The Balaban J connectivity index is 1.43. The van der Waals surface area contributed by atoms with Crippen molar-refractivity contribution in [2.45, 2.75) is 56.9 Å². The topological polar surface area (TPSA) is 97.0 Å². The first kappa shape index (κ1) is 25.2. The summed E-state index contributed by atoms with van der Waals surface area (Å²) in [5.41, 5.74) is -0.635. The number of likely N-dealkylation sites (tertiary alicyclic amines) is 1. The Kier molecular flexibility index (Phi) is 6.87. The molecule has 2 N–H and O–H groups in total. The molecule has 3 amide bonds. The Morgan fingerprint density at radius 3 is 2.81 bits per heavy atom. The van der Waals surface area contributed by atoms with E-state index in [0.717, 1.165) is 19.3 Å². The number of rotatable bonds is 7. The fourth-order valence-corrected chi connectivity index (χ4v) is 6.73. The van der Waals surface area contributed by atoms with Crippen molar-refractivity contribution >= 4 is 35.0 Å². The summed E-state index contributed by atoms with van der Waals surface area (Å²) in [4.78, 5) is 42.6. The van der Waals surface area contributed by atoms with Gasteiger partial charge in [-0.1, -0.05) is 56.5 Å². The molecule has 3 fully saturated rings. The third kappa shape index (κ3) is 4.13. The summed E-state index contributed by atoms with van der Waals surface area (Å²) in [6.45, 7) is 4.91. The van der Waals surface area contributed by atoms with Crippen LogP contribution in [0.5, 0.6) is 0 Å². The molecule has 4 aliphatic rings. The van der Waals surface area contributed by atoms with Crippen molar-refractivity contribution in [2.75, 3.05) is 25.6 Å². The molecule has 8 nitrogen and oxygen atoms in total. The molecule has 2 saturated heterocycles. The summed E-state index contributed by atoms with van der Waals surface area (Å²) in [5.74, 6) is -1.49. The molecule has 9 heteroatoms. The van der Waals surface area contributed by atoms with Crippen LogP contribution in [-0.4, -0.2) is 66.7 Å². The van der Waals surface area contributed by atoms with E-state index in [9.17, 15) is 14.4 Å². The van der Waals surface area contributed by atoms with Crippen LogP contribution in [0.25, 0.3) is 0 Å². The van der Waals surface area contributed by atoms with Crippen LogP contribution in [0, 0.1) is 23.7 Å². The number of amides is 3. The van der Waals surface area contributed by atoms with Gasteiger partial charge in [-0.05, 0) is 36.5 Å². The summed E-state index contributed by atoms with van der Waals surface area (Å²) in [5, 5.41) is 6.63. The van der Waals surface area contributed by atoms with Gasteiger partial charge in [0.15, 0.2) is 0 Å². The number of hydrogen-bond acceptors (Lipinski definition) is 5. The molecule has 1 saturated carbocycles. The zero-order chi connectivity index (χ0) is 25.6. The van der Waals surface area contributed by atoms with E-state index in [1.807, 2.05) is 12.2 Å². The number of nitrogens with one attached hydrogen (secondary N) is 2. The van der Waals surface area contributed by atoms with E-state index in [2.05, 4.69) is 24.5 Å². The normalized spacial score (nSPS) is 36.7. The lowest BCUT2D eigenvalue weighted by Crippen LogP contribution is -2.58. The number of methoxy groups -OCH3 is 1. The van der Waals surface area contributed by atoms with Crippen molar-refractivity contribution < 1.29 is 23.9 Å². The van der Waals surface area contributed by atoms with Gasteiger partial charge in [-0.15, -0.1) is 0 Å².